The lowest BCUT2D eigenvalue weighted by molar-refractivity contribution is 0.0600. The first-order valence-corrected chi connectivity index (χ1v) is 9.28. The van der Waals surface area contributed by atoms with Gasteiger partial charge in [-0.1, -0.05) is 29.5 Å². The molecular weight excluding hydrogens is 372 g/mol. The number of aromatic nitrogens is 3. The van der Waals surface area contributed by atoms with E-state index in [1.165, 1.54) is 7.11 Å². The summed E-state index contributed by atoms with van der Waals surface area (Å²) in [6, 6.07) is 15.1. The van der Waals surface area contributed by atoms with Gasteiger partial charge in [-0.2, -0.15) is 0 Å². The summed E-state index contributed by atoms with van der Waals surface area (Å²) >= 11 is 0. The van der Waals surface area contributed by atoms with Crippen LogP contribution in [0.3, 0.4) is 0 Å². The minimum Gasteiger partial charge on any atom is -0.495 e. The molecule has 8 nitrogen and oxygen atoms in total. The highest BCUT2D eigenvalue weighted by Crippen LogP contribution is 2.36. The van der Waals surface area contributed by atoms with E-state index in [4.69, 9.17) is 14.2 Å². The van der Waals surface area contributed by atoms with E-state index in [2.05, 4.69) is 15.2 Å². The van der Waals surface area contributed by atoms with Crippen LogP contribution in [0.2, 0.25) is 0 Å². The van der Waals surface area contributed by atoms with Gasteiger partial charge in [0.1, 0.15) is 11.4 Å². The number of carbonyl (C=O) groups excluding carboxylic acids is 1. The summed E-state index contributed by atoms with van der Waals surface area (Å²) in [4.78, 5) is 13.7. The van der Waals surface area contributed by atoms with E-state index >= 15 is 0 Å². The van der Waals surface area contributed by atoms with Crippen LogP contribution in [0.25, 0.3) is 0 Å². The molecule has 0 saturated carbocycles. The van der Waals surface area contributed by atoms with Crippen LogP contribution in [-0.2, 0) is 16.0 Å². The number of benzene rings is 2. The average molecular weight is 394 g/mol. The summed E-state index contributed by atoms with van der Waals surface area (Å²) in [7, 11) is 3.03. The van der Waals surface area contributed by atoms with Crippen molar-refractivity contribution < 1.29 is 19.0 Å². The molecule has 1 fully saturated rings. The fourth-order valence-corrected chi connectivity index (χ4v) is 3.38. The Bertz CT molecular complexity index is 986. The number of anilines is 1. The lowest BCUT2D eigenvalue weighted by Gasteiger charge is -2.25. The molecular formula is C21H22N4O4. The molecule has 0 aliphatic carbocycles. The Kier molecular flexibility index (Phi) is 5.44. The Morgan fingerprint density at radius 2 is 1.97 bits per heavy atom. The topological polar surface area (TPSA) is 78.7 Å². The van der Waals surface area contributed by atoms with Crippen LogP contribution in [0.15, 0.2) is 54.7 Å². The predicted molar refractivity (Wildman–Crippen MR) is 106 cm³/mol. The fourth-order valence-electron chi connectivity index (χ4n) is 3.38. The highest BCUT2D eigenvalue weighted by molar-refractivity contribution is 5.89. The van der Waals surface area contributed by atoms with Crippen LogP contribution in [-0.4, -0.2) is 48.3 Å². The van der Waals surface area contributed by atoms with Gasteiger partial charge >= 0.3 is 5.97 Å². The van der Waals surface area contributed by atoms with E-state index in [1.807, 2.05) is 42.6 Å². The van der Waals surface area contributed by atoms with Gasteiger partial charge in [-0.05, 0) is 29.8 Å². The van der Waals surface area contributed by atoms with Crippen LogP contribution in [0.5, 0.6) is 5.75 Å². The lowest BCUT2D eigenvalue weighted by atomic mass is 10.1. The van der Waals surface area contributed by atoms with Gasteiger partial charge in [0, 0.05) is 6.54 Å². The Labute approximate surface area is 168 Å². The molecule has 0 spiro atoms. The Balaban J connectivity index is 1.50. The maximum Gasteiger partial charge on any atom is 0.337 e. The lowest BCUT2D eigenvalue weighted by Crippen LogP contribution is -2.24. The largest absolute Gasteiger partial charge is 0.495 e. The van der Waals surface area contributed by atoms with E-state index in [0.29, 0.717) is 18.7 Å². The number of esters is 1. The van der Waals surface area contributed by atoms with Crippen molar-refractivity contribution in [1.82, 2.24) is 15.0 Å². The van der Waals surface area contributed by atoms with Crippen molar-refractivity contribution in [1.29, 1.82) is 0 Å². The van der Waals surface area contributed by atoms with Crippen LogP contribution in [0.1, 0.15) is 27.8 Å². The number of ether oxygens (including phenoxy) is 3. The normalized spacial score (nSPS) is 16.1. The molecule has 1 saturated heterocycles. The molecule has 2 aromatic carbocycles. The van der Waals surface area contributed by atoms with Gasteiger partial charge in [-0.3, -0.25) is 0 Å². The second-order valence-corrected chi connectivity index (χ2v) is 6.62. The smallest absolute Gasteiger partial charge is 0.337 e. The molecule has 1 aromatic heterocycles. The maximum absolute atomic E-state index is 11.5. The molecule has 29 heavy (non-hydrogen) atoms. The van der Waals surface area contributed by atoms with Crippen molar-refractivity contribution in [3.8, 4) is 5.75 Å². The first kappa shape index (κ1) is 18.9. The average Bonchev–Trinajstić information content (AvgIpc) is 3.43. The summed E-state index contributed by atoms with van der Waals surface area (Å²) in [6.45, 7) is 1.88. The molecule has 1 aliphatic heterocycles. The van der Waals surface area contributed by atoms with E-state index in [1.54, 1.807) is 23.9 Å². The van der Waals surface area contributed by atoms with Gasteiger partial charge in [0.15, 0.2) is 6.23 Å². The molecule has 1 unspecified atom stereocenters. The molecule has 1 aliphatic rings. The van der Waals surface area contributed by atoms with Crippen molar-refractivity contribution in [3.05, 3.63) is 71.5 Å². The van der Waals surface area contributed by atoms with Crippen LogP contribution < -0.4 is 9.64 Å². The zero-order valence-electron chi connectivity index (χ0n) is 16.3. The van der Waals surface area contributed by atoms with Crippen molar-refractivity contribution >= 4 is 11.7 Å². The van der Waals surface area contributed by atoms with E-state index in [9.17, 15) is 4.79 Å². The van der Waals surface area contributed by atoms with Gasteiger partial charge < -0.3 is 19.1 Å². The molecule has 0 N–H and O–H groups in total. The van der Waals surface area contributed by atoms with Crippen molar-refractivity contribution in [2.75, 3.05) is 32.3 Å². The Morgan fingerprint density at radius 3 is 2.72 bits per heavy atom. The Hall–Kier alpha value is -3.39. The summed E-state index contributed by atoms with van der Waals surface area (Å²) in [5, 5.41) is 8.55. The monoisotopic (exact) mass is 394 g/mol. The van der Waals surface area contributed by atoms with Gasteiger partial charge in [0.25, 0.3) is 0 Å². The number of hydrogen-bond acceptors (Lipinski definition) is 7. The fraction of sp³-hybridized carbons (Fsp3) is 0.286. The summed E-state index contributed by atoms with van der Waals surface area (Å²) in [5.41, 5.74) is 3.22. The van der Waals surface area contributed by atoms with E-state index in [-0.39, 0.29) is 12.2 Å². The molecule has 8 heteroatoms. The summed E-state index contributed by atoms with van der Waals surface area (Å²) in [5.74, 6) is 0.440. The minimum absolute atomic E-state index is 0.318. The molecule has 3 aromatic rings. The molecule has 150 valence electrons. The number of hydrogen-bond donors (Lipinski definition) is 0. The molecule has 4 rings (SSSR count). The summed E-state index contributed by atoms with van der Waals surface area (Å²) in [6.07, 6.45) is 1.56. The van der Waals surface area contributed by atoms with Crippen molar-refractivity contribution in [3.63, 3.8) is 0 Å². The number of carbonyl (C=O) groups is 1. The standard InChI is InChI=1S/C21H22N4O4/c1-27-19-6-4-3-5-18(19)25-11-12-29-20(25)17-14-24(23-22-17)13-15-7-9-16(10-8-15)21(26)28-2/h3-10,14,20H,11-13H2,1-2H3. The highest BCUT2D eigenvalue weighted by Gasteiger charge is 2.31. The van der Waals surface area contributed by atoms with Crippen LogP contribution in [0.4, 0.5) is 5.69 Å². The van der Waals surface area contributed by atoms with Gasteiger partial charge in [-0.25, -0.2) is 9.48 Å². The second kappa shape index (κ2) is 8.32. The van der Waals surface area contributed by atoms with Crippen LogP contribution >= 0.6 is 0 Å². The third kappa shape index (κ3) is 3.93. The predicted octanol–water partition coefficient (Wildman–Crippen LogP) is 2.66. The minimum atomic E-state index is -0.352. The number of methoxy groups -OCH3 is 2. The Morgan fingerprint density at radius 1 is 1.17 bits per heavy atom. The van der Waals surface area contributed by atoms with Crippen molar-refractivity contribution in [2.24, 2.45) is 0 Å². The molecule has 0 radical (unpaired) electrons. The number of rotatable bonds is 6. The van der Waals surface area contributed by atoms with Gasteiger partial charge in [0.2, 0.25) is 0 Å². The summed E-state index contributed by atoms with van der Waals surface area (Å²) < 4.78 is 17.9. The molecule has 0 amide bonds. The first-order chi connectivity index (χ1) is 14.2. The SMILES string of the molecule is COC(=O)c1ccc(Cn2cc(C3OCCN3c3ccccc3OC)nn2)cc1. The van der Waals surface area contributed by atoms with Gasteiger partial charge in [-0.15, -0.1) is 5.10 Å². The zero-order chi connectivity index (χ0) is 20.2. The van der Waals surface area contributed by atoms with Gasteiger partial charge in [0.05, 0.1) is 44.8 Å². The molecule has 0 bridgehead atoms. The van der Waals surface area contributed by atoms with Crippen LogP contribution in [0, 0.1) is 0 Å². The quantitative estimate of drug-likeness (QED) is 0.595. The zero-order valence-corrected chi connectivity index (χ0v) is 16.3. The second-order valence-electron chi connectivity index (χ2n) is 6.62. The molecule has 1 atom stereocenters. The third-order valence-corrected chi connectivity index (χ3v) is 4.81. The first-order valence-electron chi connectivity index (χ1n) is 9.28. The van der Waals surface area contributed by atoms with E-state index in [0.717, 1.165) is 29.2 Å². The molecule has 2 heterocycles. The maximum atomic E-state index is 11.5. The van der Waals surface area contributed by atoms with E-state index < -0.39 is 0 Å². The number of para-hydroxylation sites is 2. The highest BCUT2D eigenvalue weighted by atomic mass is 16.5. The third-order valence-electron chi connectivity index (χ3n) is 4.81. The number of nitrogens with zero attached hydrogens (tertiary/aromatic N) is 4. The van der Waals surface area contributed by atoms with Crippen molar-refractivity contribution in [2.45, 2.75) is 12.8 Å².